The van der Waals surface area contributed by atoms with Crippen LogP contribution in [0.3, 0.4) is 0 Å². The van der Waals surface area contributed by atoms with Gasteiger partial charge in [0.25, 0.3) is 0 Å². The van der Waals surface area contributed by atoms with Crippen molar-refractivity contribution in [2.24, 2.45) is 0 Å². The maximum absolute atomic E-state index is 12.4. The lowest BCUT2D eigenvalue weighted by molar-refractivity contribution is 0.108. The van der Waals surface area contributed by atoms with Gasteiger partial charge in [-0.15, -0.1) is 0 Å². The Bertz CT molecular complexity index is 579. The topological polar surface area (TPSA) is 106 Å². The molecule has 1 aromatic rings. The van der Waals surface area contributed by atoms with Crippen LogP contribution in [0.25, 0.3) is 0 Å². The van der Waals surface area contributed by atoms with Crippen LogP contribution in [-0.2, 0) is 14.8 Å². The Morgan fingerprint density at radius 1 is 1.30 bits per heavy atom. The zero-order chi connectivity index (χ0) is 14.8. The van der Waals surface area contributed by atoms with Gasteiger partial charge in [0.1, 0.15) is 10.7 Å². The van der Waals surface area contributed by atoms with Crippen LogP contribution in [0.5, 0.6) is 0 Å². The zero-order valence-corrected chi connectivity index (χ0v) is 11.8. The first-order valence-electron chi connectivity index (χ1n) is 5.99. The van der Waals surface area contributed by atoms with Gasteiger partial charge in [-0.2, -0.15) is 4.31 Å². The fourth-order valence-corrected chi connectivity index (χ4v) is 3.30. The molecule has 0 atom stereocenters. The van der Waals surface area contributed by atoms with Crippen molar-refractivity contribution in [1.29, 1.82) is 0 Å². The number of aromatic nitrogens is 1. The summed E-state index contributed by atoms with van der Waals surface area (Å²) in [4.78, 5) is 16.7. The molecule has 1 aliphatic heterocycles. The van der Waals surface area contributed by atoms with Crippen LogP contribution in [0.4, 0.5) is 10.6 Å². The first kappa shape index (κ1) is 14.5. The van der Waals surface area contributed by atoms with E-state index in [9.17, 15) is 13.2 Å². The van der Waals surface area contributed by atoms with Gasteiger partial charge in [-0.25, -0.2) is 18.2 Å². The average molecular weight is 300 g/mol. The van der Waals surface area contributed by atoms with E-state index >= 15 is 0 Å². The lowest BCUT2D eigenvalue weighted by Crippen LogP contribution is -2.50. The number of hydrogen-bond acceptors (Lipinski definition) is 6. The van der Waals surface area contributed by atoms with E-state index in [2.05, 4.69) is 9.72 Å². The molecular formula is C11H16N4O4S. The highest BCUT2D eigenvalue weighted by Gasteiger charge is 2.30. The van der Waals surface area contributed by atoms with Crippen molar-refractivity contribution in [3.8, 4) is 0 Å². The molecule has 0 radical (unpaired) electrons. The summed E-state index contributed by atoms with van der Waals surface area (Å²) in [5.74, 6) is 0.263. The number of piperazine rings is 1. The van der Waals surface area contributed by atoms with Gasteiger partial charge < -0.3 is 15.4 Å². The number of nitrogen functional groups attached to an aromatic ring is 1. The lowest BCUT2D eigenvalue weighted by atomic mass is 10.4. The number of ether oxygens (including phenoxy) is 1. The van der Waals surface area contributed by atoms with E-state index in [0.29, 0.717) is 13.1 Å². The normalized spacial score (nSPS) is 16.9. The number of rotatable bonds is 2. The van der Waals surface area contributed by atoms with Crippen molar-refractivity contribution in [2.75, 3.05) is 39.0 Å². The summed E-state index contributed by atoms with van der Waals surface area (Å²) in [5, 5.41) is 0. The molecule has 0 bridgehead atoms. The van der Waals surface area contributed by atoms with Gasteiger partial charge >= 0.3 is 6.09 Å². The average Bonchev–Trinajstić information content (AvgIpc) is 2.47. The molecule has 20 heavy (non-hydrogen) atoms. The molecule has 0 spiro atoms. The van der Waals surface area contributed by atoms with Gasteiger partial charge in [-0.1, -0.05) is 0 Å². The van der Waals surface area contributed by atoms with Crippen LogP contribution in [0, 0.1) is 0 Å². The Kier molecular flexibility index (Phi) is 4.09. The fourth-order valence-electron chi connectivity index (χ4n) is 1.93. The van der Waals surface area contributed by atoms with Crippen LogP contribution in [0.1, 0.15) is 0 Å². The molecule has 9 heteroatoms. The molecule has 2 rings (SSSR count). The second-order valence-electron chi connectivity index (χ2n) is 4.28. The fraction of sp³-hybridized carbons (Fsp3) is 0.455. The zero-order valence-electron chi connectivity index (χ0n) is 11.0. The third-order valence-electron chi connectivity index (χ3n) is 3.07. The minimum Gasteiger partial charge on any atom is -0.453 e. The number of hydrogen-bond donors (Lipinski definition) is 1. The molecule has 110 valence electrons. The van der Waals surface area contributed by atoms with Crippen LogP contribution < -0.4 is 5.73 Å². The van der Waals surface area contributed by atoms with Crippen LogP contribution in [0.2, 0.25) is 0 Å². The number of nitrogens with zero attached hydrogens (tertiary/aromatic N) is 3. The van der Waals surface area contributed by atoms with E-state index in [1.165, 1.54) is 34.6 Å². The van der Waals surface area contributed by atoms with Crippen molar-refractivity contribution >= 4 is 21.9 Å². The van der Waals surface area contributed by atoms with E-state index in [0.717, 1.165) is 0 Å². The number of carbonyl (C=O) groups excluding carboxylic acids is 1. The molecule has 1 fully saturated rings. The number of carbonyl (C=O) groups is 1. The molecule has 2 N–H and O–H groups in total. The van der Waals surface area contributed by atoms with Gasteiger partial charge in [-0.3, -0.25) is 0 Å². The first-order chi connectivity index (χ1) is 9.45. The van der Waals surface area contributed by atoms with Crippen molar-refractivity contribution < 1.29 is 17.9 Å². The predicted octanol–water partition coefficient (Wildman–Crippen LogP) is -0.263. The lowest BCUT2D eigenvalue weighted by Gasteiger charge is -2.32. The summed E-state index contributed by atoms with van der Waals surface area (Å²) in [5.41, 5.74) is 5.44. The minimum absolute atomic E-state index is 0.0956. The molecule has 0 unspecified atom stereocenters. The SMILES string of the molecule is COC(=O)N1CCN(S(=O)(=O)c2ccc(N)nc2)CC1. The summed E-state index contributed by atoms with van der Waals surface area (Å²) in [6.45, 7) is 1.05. The van der Waals surface area contributed by atoms with Crippen LogP contribution in [-0.4, -0.2) is 62.0 Å². The molecule has 1 aromatic heterocycles. The monoisotopic (exact) mass is 300 g/mol. The van der Waals surface area contributed by atoms with Crippen molar-refractivity contribution in [2.45, 2.75) is 4.90 Å². The Morgan fingerprint density at radius 3 is 2.45 bits per heavy atom. The standard InChI is InChI=1S/C11H16N4O4S/c1-19-11(16)14-4-6-15(7-5-14)20(17,18)9-2-3-10(12)13-8-9/h2-3,8H,4-7H2,1H3,(H2,12,13). The molecule has 2 heterocycles. The number of sulfonamides is 1. The highest BCUT2D eigenvalue weighted by molar-refractivity contribution is 7.89. The Balaban J connectivity index is 2.09. The Hall–Kier alpha value is -1.87. The summed E-state index contributed by atoms with van der Waals surface area (Å²) in [6.07, 6.45) is 0.786. The summed E-state index contributed by atoms with van der Waals surface area (Å²) < 4.78 is 30.6. The smallest absolute Gasteiger partial charge is 0.409 e. The van der Waals surface area contributed by atoms with Gasteiger partial charge in [0, 0.05) is 32.4 Å². The van der Waals surface area contributed by atoms with Gasteiger partial charge in [0.2, 0.25) is 10.0 Å². The minimum atomic E-state index is -3.60. The van der Waals surface area contributed by atoms with E-state index in [1.807, 2.05) is 0 Å². The molecule has 0 aliphatic carbocycles. The highest BCUT2D eigenvalue weighted by atomic mass is 32.2. The van der Waals surface area contributed by atoms with E-state index in [-0.39, 0.29) is 23.8 Å². The molecule has 8 nitrogen and oxygen atoms in total. The van der Waals surface area contributed by atoms with Gasteiger partial charge in [0.05, 0.1) is 7.11 Å². The molecule has 1 saturated heterocycles. The highest BCUT2D eigenvalue weighted by Crippen LogP contribution is 2.17. The summed E-state index contributed by atoms with van der Waals surface area (Å²) in [6, 6.07) is 2.86. The molecular weight excluding hydrogens is 284 g/mol. The number of amides is 1. The third kappa shape index (κ3) is 2.83. The number of anilines is 1. The van der Waals surface area contributed by atoms with Crippen molar-refractivity contribution in [1.82, 2.24) is 14.2 Å². The van der Waals surface area contributed by atoms with Crippen LogP contribution >= 0.6 is 0 Å². The maximum atomic E-state index is 12.4. The molecule has 0 aromatic carbocycles. The first-order valence-corrected chi connectivity index (χ1v) is 7.43. The van der Waals surface area contributed by atoms with Gasteiger partial charge in [0.15, 0.2) is 0 Å². The quantitative estimate of drug-likeness (QED) is 0.806. The van der Waals surface area contributed by atoms with Crippen molar-refractivity contribution in [3.63, 3.8) is 0 Å². The van der Waals surface area contributed by atoms with Gasteiger partial charge in [-0.05, 0) is 12.1 Å². The Morgan fingerprint density at radius 2 is 1.95 bits per heavy atom. The largest absolute Gasteiger partial charge is 0.453 e. The second kappa shape index (κ2) is 5.63. The third-order valence-corrected chi connectivity index (χ3v) is 4.95. The Labute approximate surface area is 117 Å². The maximum Gasteiger partial charge on any atom is 0.409 e. The predicted molar refractivity (Wildman–Crippen MR) is 71.4 cm³/mol. The van der Waals surface area contributed by atoms with E-state index in [1.54, 1.807) is 0 Å². The second-order valence-corrected chi connectivity index (χ2v) is 6.22. The number of methoxy groups -OCH3 is 1. The van der Waals surface area contributed by atoms with Crippen molar-refractivity contribution in [3.05, 3.63) is 18.3 Å². The van der Waals surface area contributed by atoms with E-state index in [4.69, 9.17) is 5.73 Å². The molecule has 1 amide bonds. The number of nitrogens with two attached hydrogens (primary N) is 1. The summed E-state index contributed by atoms with van der Waals surface area (Å²) >= 11 is 0. The summed E-state index contributed by atoms with van der Waals surface area (Å²) in [7, 11) is -2.30. The number of pyridine rings is 1. The molecule has 0 saturated carbocycles. The van der Waals surface area contributed by atoms with E-state index < -0.39 is 16.1 Å². The molecule has 1 aliphatic rings. The van der Waals surface area contributed by atoms with Crippen LogP contribution in [0.15, 0.2) is 23.2 Å².